The fraction of sp³-hybridized carbons (Fsp3) is 0.294. The molecule has 0 bridgehead atoms. The molecule has 0 spiro atoms. The zero-order valence-corrected chi connectivity index (χ0v) is 12.4. The summed E-state index contributed by atoms with van der Waals surface area (Å²) in [7, 11) is 1.54. The minimum Gasteiger partial charge on any atom is -0.367 e. The number of rotatable bonds is 6. The summed E-state index contributed by atoms with van der Waals surface area (Å²) in [5.41, 5.74) is 2.81. The van der Waals surface area contributed by atoms with Crippen LogP contribution < -0.4 is 5.32 Å². The van der Waals surface area contributed by atoms with Gasteiger partial charge in [-0.3, -0.25) is 9.78 Å². The van der Waals surface area contributed by atoms with Gasteiger partial charge in [-0.05, 0) is 24.6 Å². The quantitative estimate of drug-likeness (QED) is 0.886. The number of aromatic nitrogens is 1. The van der Waals surface area contributed by atoms with E-state index in [0.29, 0.717) is 13.0 Å². The molecular weight excluding hydrogens is 264 g/mol. The number of carbonyl (C=O) groups excluding carboxylic acids is 1. The topological polar surface area (TPSA) is 51.2 Å². The Morgan fingerprint density at radius 1 is 1.19 bits per heavy atom. The Morgan fingerprint density at radius 2 is 1.95 bits per heavy atom. The van der Waals surface area contributed by atoms with Crippen molar-refractivity contribution >= 4 is 5.91 Å². The van der Waals surface area contributed by atoms with Gasteiger partial charge < -0.3 is 10.1 Å². The second-order valence-electron chi connectivity index (χ2n) is 4.84. The van der Waals surface area contributed by atoms with Crippen LogP contribution in [0.2, 0.25) is 0 Å². The van der Waals surface area contributed by atoms with E-state index in [1.807, 2.05) is 55.5 Å². The average Bonchev–Trinajstić information content (AvgIpc) is 2.49. The summed E-state index contributed by atoms with van der Waals surface area (Å²) in [6.07, 6.45) is 0.134. The van der Waals surface area contributed by atoms with E-state index >= 15 is 0 Å². The van der Waals surface area contributed by atoms with E-state index in [1.165, 1.54) is 0 Å². The van der Waals surface area contributed by atoms with Crippen LogP contribution in [0.25, 0.3) is 0 Å². The summed E-state index contributed by atoms with van der Waals surface area (Å²) < 4.78 is 5.29. The number of hydrogen-bond acceptors (Lipinski definition) is 3. The Kier molecular flexibility index (Phi) is 5.46. The number of hydrogen-bond donors (Lipinski definition) is 1. The van der Waals surface area contributed by atoms with Gasteiger partial charge in [0.25, 0.3) is 5.91 Å². The zero-order chi connectivity index (χ0) is 15.1. The Hall–Kier alpha value is -2.20. The largest absolute Gasteiger partial charge is 0.367 e. The molecule has 0 aliphatic rings. The van der Waals surface area contributed by atoms with Crippen LogP contribution in [0.4, 0.5) is 0 Å². The van der Waals surface area contributed by atoms with Gasteiger partial charge >= 0.3 is 0 Å². The highest BCUT2D eigenvalue weighted by molar-refractivity contribution is 5.82. The van der Waals surface area contributed by atoms with Crippen LogP contribution in [0.5, 0.6) is 0 Å². The van der Waals surface area contributed by atoms with Gasteiger partial charge in [0.2, 0.25) is 0 Å². The van der Waals surface area contributed by atoms with Crippen molar-refractivity contribution in [3.05, 3.63) is 65.5 Å². The molecule has 4 heteroatoms. The number of nitrogens with one attached hydrogen (secondary N) is 1. The third-order valence-electron chi connectivity index (χ3n) is 3.20. The van der Waals surface area contributed by atoms with Crippen molar-refractivity contribution in [2.24, 2.45) is 0 Å². The highest BCUT2D eigenvalue weighted by atomic mass is 16.5. The molecule has 21 heavy (non-hydrogen) atoms. The second-order valence-corrected chi connectivity index (χ2v) is 4.84. The number of aryl methyl sites for hydroxylation is 1. The van der Waals surface area contributed by atoms with Crippen molar-refractivity contribution in [2.75, 3.05) is 13.7 Å². The van der Waals surface area contributed by atoms with Crippen molar-refractivity contribution in [2.45, 2.75) is 19.4 Å². The smallest absolute Gasteiger partial charge is 0.253 e. The minimum atomic E-state index is -0.573. The molecule has 1 aromatic carbocycles. The van der Waals surface area contributed by atoms with Gasteiger partial charge in [0.05, 0.1) is 0 Å². The first-order chi connectivity index (χ1) is 10.2. The lowest BCUT2D eigenvalue weighted by Crippen LogP contribution is -2.32. The Labute approximate surface area is 125 Å². The number of carbonyl (C=O) groups is 1. The predicted molar refractivity (Wildman–Crippen MR) is 81.9 cm³/mol. The Bertz CT molecular complexity index is 584. The van der Waals surface area contributed by atoms with Crippen LogP contribution in [0.1, 0.15) is 23.1 Å². The number of ether oxygens (including phenoxy) is 1. The molecule has 1 N–H and O–H groups in total. The summed E-state index contributed by atoms with van der Waals surface area (Å²) in [4.78, 5) is 16.6. The van der Waals surface area contributed by atoms with Crippen molar-refractivity contribution < 1.29 is 9.53 Å². The van der Waals surface area contributed by atoms with Gasteiger partial charge in [-0.1, -0.05) is 36.4 Å². The van der Waals surface area contributed by atoms with Crippen LogP contribution in [-0.4, -0.2) is 24.5 Å². The Morgan fingerprint density at radius 3 is 2.62 bits per heavy atom. The lowest BCUT2D eigenvalue weighted by atomic mass is 10.1. The molecule has 0 saturated heterocycles. The second kappa shape index (κ2) is 7.55. The van der Waals surface area contributed by atoms with E-state index in [4.69, 9.17) is 4.74 Å². The fourth-order valence-electron chi connectivity index (χ4n) is 2.17. The van der Waals surface area contributed by atoms with E-state index in [9.17, 15) is 4.79 Å². The van der Waals surface area contributed by atoms with Gasteiger partial charge in [0.15, 0.2) is 6.10 Å². The molecule has 110 valence electrons. The predicted octanol–water partition coefficient (Wildman–Crippen LogP) is 2.44. The molecule has 2 rings (SSSR count). The maximum atomic E-state index is 12.2. The maximum Gasteiger partial charge on any atom is 0.253 e. The van der Waals surface area contributed by atoms with Crippen LogP contribution in [0.15, 0.2) is 48.5 Å². The molecule has 1 amide bonds. The first-order valence-electron chi connectivity index (χ1n) is 6.98. The molecule has 4 nitrogen and oxygen atoms in total. The molecule has 0 saturated carbocycles. The van der Waals surface area contributed by atoms with Crippen molar-refractivity contribution in [3.8, 4) is 0 Å². The molecule has 0 fully saturated rings. The van der Waals surface area contributed by atoms with E-state index < -0.39 is 6.10 Å². The van der Waals surface area contributed by atoms with Gasteiger partial charge in [-0.2, -0.15) is 0 Å². The number of amides is 1. The summed E-state index contributed by atoms with van der Waals surface area (Å²) in [5.74, 6) is -0.128. The third kappa shape index (κ3) is 4.39. The summed E-state index contributed by atoms with van der Waals surface area (Å²) in [6.45, 7) is 2.50. The average molecular weight is 284 g/mol. The number of nitrogens with zero attached hydrogens (tertiary/aromatic N) is 1. The first-order valence-corrected chi connectivity index (χ1v) is 6.98. The fourth-order valence-corrected chi connectivity index (χ4v) is 2.17. The molecule has 2 aromatic rings. The highest BCUT2D eigenvalue weighted by Gasteiger charge is 2.18. The van der Waals surface area contributed by atoms with Crippen LogP contribution in [-0.2, 0) is 16.0 Å². The number of pyridine rings is 1. The van der Waals surface area contributed by atoms with E-state index in [1.54, 1.807) is 7.11 Å². The van der Waals surface area contributed by atoms with E-state index in [0.717, 1.165) is 17.0 Å². The zero-order valence-electron chi connectivity index (χ0n) is 12.4. The SMILES string of the molecule is COC(C(=O)NCCc1cccc(C)n1)c1ccccc1. The van der Waals surface area contributed by atoms with Gasteiger partial charge in [-0.25, -0.2) is 0 Å². The maximum absolute atomic E-state index is 12.2. The molecule has 0 aliphatic heterocycles. The minimum absolute atomic E-state index is 0.128. The van der Waals surface area contributed by atoms with Crippen molar-refractivity contribution in [1.82, 2.24) is 10.3 Å². The van der Waals surface area contributed by atoms with Crippen LogP contribution >= 0.6 is 0 Å². The van der Waals surface area contributed by atoms with Crippen LogP contribution in [0, 0.1) is 6.92 Å². The van der Waals surface area contributed by atoms with Gasteiger partial charge in [-0.15, -0.1) is 0 Å². The number of benzene rings is 1. The highest BCUT2D eigenvalue weighted by Crippen LogP contribution is 2.15. The lowest BCUT2D eigenvalue weighted by Gasteiger charge is -2.15. The van der Waals surface area contributed by atoms with Gasteiger partial charge in [0.1, 0.15) is 0 Å². The molecular formula is C17H20N2O2. The molecule has 1 heterocycles. The first kappa shape index (κ1) is 15.2. The van der Waals surface area contributed by atoms with Gasteiger partial charge in [0, 0.05) is 31.5 Å². The Balaban J connectivity index is 1.89. The third-order valence-corrected chi connectivity index (χ3v) is 3.20. The number of methoxy groups -OCH3 is 1. The summed E-state index contributed by atoms with van der Waals surface area (Å²) >= 11 is 0. The standard InChI is InChI=1S/C17H20N2O2/c1-13-7-6-10-15(19-13)11-12-18-17(20)16(21-2)14-8-4-3-5-9-14/h3-10,16H,11-12H2,1-2H3,(H,18,20). The molecule has 1 atom stereocenters. The monoisotopic (exact) mass is 284 g/mol. The molecule has 0 aliphatic carbocycles. The van der Waals surface area contributed by atoms with E-state index in [-0.39, 0.29) is 5.91 Å². The molecule has 1 unspecified atom stereocenters. The molecule has 0 radical (unpaired) electrons. The van der Waals surface area contributed by atoms with Crippen molar-refractivity contribution in [3.63, 3.8) is 0 Å². The normalized spacial score (nSPS) is 11.9. The summed E-state index contributed by atoms with van der Waals surface area (Å²) in [6, 6.07) is 15.4. The lowest BCUT2D eigenvalue weighted by molar-refractivity contribution is -0.131. The van der Waals surface area contributed by atoms with Crippen molar-refractivity contribution in [1.29, 1.82) is 0 Å². The van der Waals surface area contributed by atoms with E-state index in [2.05, 4.69) is 10.3 Å². The van der Waals surface area contributed by atoms with Crippen LogP contribution in [0.3, 0.4) is 0 Å². The molecule has 1 aromatic heterocycles. The summed E-state index contributed by atoms with van der Waals surface area (Å²) in [5, 5.41) is 2.90.